The minimum absolute atomic E-state index is 0.0992. The van der Waals surface area contributed by atoms with Crippen LogP contribution in [0.2, 0.25) is 0 Å². The maximum absolute atomic E-state index is 12.6. The van der Waals surface area contributed by atoms with Gasteiger partial charge in [0.2, 0.25) is 0 Å². The van der Waals surface area contributed by atoms with Crippen LogP contribution in [-0.2, 0) is 16.1 Å². The monoisotopic (exact) mass is 338 g/mol. The first kappa shape index (κ1) is 16.7. The quantitative estimate of drug-likeness (QED) is 0.906. The van der Waals surface area contributed by atoms with E-state index >= 15 is 0 Å². The van der Waals surface area contributed by atoms with Gasteiger partial charge in [-0.25, -0.2) is 0 Å². The molecule has 2 heterocycles. The number of ketones is 1. The van der Waals surface area contributed by atoms with Crippen LogP contribution in [0, 0.1) is 0 Å². The molecule has 0 unspecified atom stereocenters. The standard InChI is InChI=1S/C19H18N2O4/c1-12(22)16-17(14-6-3-7-15(9-14)25-2)21(19(24)18(16)23)11-13-5-4-8-20-10-13/h3-10,17,23H,11H2,1-2H3/t17-/m0/s1. The summed E-state index contributed by atoms with van der Waals surface area (Å²) in [5, 5.41) is 10.3. The Labute approximate surface area is 145 Å². The van der Waals surface area contributed by atoms with Gasteiger partial charge in [-0.1, -0.05) is 18.2 Å². The molecule has 0 radical (unpaired) electrons. The van der Waals surface area contributed by atoms with Crippen LogP contribution in [0.5, 0.6) is 5.75 Å². The summed E-state index contributed by atoms with van der Waals surface area (Å²) in [6.07, 6.45) is 3.30. The summed E-state index contributed by atoms with van der Waals surface area (Å²) in [5.74, 6) is -0.793. The predicted octanol–water partition coefficient (Wildman–Crippen LogP) is 2.57. The number of aromatic nitrogens is 1. The SMILES string of the molecule is COc1cccc([C@H]2C(C(C)=O)=C(O)C(=O)N2Cc2cccnc2)c1. The van der Waals surface area contributed by atoms with Gasteiger partial charge in [-0.3, -0.25) is 14.6 Å². The number of amides is 1. The van der Waals surface area contributed by atoms with E-state index in [1.165, 1.54) is 11.8 Å². The summed E-state index contributed by atoms with van der Waals surface area (Å²) in [5.41, 5.74) is 1.61. The van der Waals surface area contributed by atoms with Gasteiger partial charge in [-0.2, -0.15) is 0 Å². The van der Waals surface area contributed by atoms with E-state index in [1.807, 2.05) is 6.07 Å². The molecule has 6 nitrogen and oxygen atoms in total. The molecule has 0 aliphatic carbocycles. The molecule has 1 aromatic carbocycles. The van der Waals surface area contributed by atoms with Crippen molar-refractivity contribution in [2.45, 2.75) is 19.5 Å². The Morgan fingerprint density at radius 2 is 2.12 bits per heavy atom. The first-order valence-corrected chi connectivity index (χ1v) is 7.80. The van der Waals surface area contributed by atoms with Crippen molar-refractivity contribution in [2.75, 3.05) is 7.11 Å². The van der Waals surface area contributed by atoms with Gasteiger partial charge in [0.05, 0.1) is 18.7 Å². The highest BCUT2D eigenvalue weighted by Gasteiger charge is 2.42. The first-order valence-electron chi connectivity index (χ1n) is 7.80. The van der Waals surface area contributed by atoms with Gasteiger partial charge in [0.25, 0.3) is 5.91 Å². The Bertz CT molecular complexity index is 846. The number of methoxy groups -OCH3 is 1. The van der Waals surface area contributed by atoms with Crippen LogP contribution in [0.4, 0.5) is 0 Å². The van der Waals surface area contributed by atoms with Crippen molar-refractivity contribution in [1.82, 2.24) is 9.88 Å². The summed E-state index contributed by atoms with van der Waals surface area (Å²) >= 11 is 0. The van der Waals surface area contributed by atoms with E-state index in [0.29, 0.717) is 11.3 Å². The van der Waals surface area contributed by atoms with E-state index < -0.39 is 17.7 Å². The number of pyridine rings is 1. The fourth-order valence-electron chi connectivity index (χ4n) is 3.02. The summed E-state index contributed by atoms with van der Waals surface area (Å²) in [4.78, 5) is 30.2. The van der Waals surface area contributed by atoms with Crippen molar-refractivity contribution in [3.63, 3.8) is 0 Å². The van der Waals surface area contributed by atoms with E-state index in [1.54, 1.807) is 49.8 Å². The third-order valence-corrected chi connectivity index (χ3v) is 4.17. The molecule has 25 heavy (non-hydrogen) atoms. The molecule has 1 aromatic heterocycles. The molecular formula is C19H18N2O4. The van der Waals surface area contributed by atoms with E-state index in [-0.39, 0.29) is 17.9 Å². The molecule has 6 heteroatoms. The number of carbonyl (C=O) groups is 2. The highest BCUT2D eigenvalue weighted by atomic mass is 16.5. The molecule has 0 saturated carbocycles. The van der Waals surface area contributed by atoms with Gasteiger partial charge in [0, 0.05) is 18.9 Å². The van der Waals surface area contributed by atoms with E-state index in [0.717, 1.165) is 5.56 Å². The predicted molar refractivity (Wildman–Crippen MR) is 90.9 cm³/mol. The molecular weight excluding hydrogens is 320 g/mol. The van der Waals surface area contributed by atoms with Crippen molar-refractivity contribution < 1.29 is 19.4 Å². The Hall–Kier alpha value is -3.15. The molecule has 0 saturated heterocycles. The molecule has 0 spiro atoms. The second kappa shape index (κ2) is 6.76. The Morgan fingerprint density at radius 1 is 1.32 bits per heavy atom. The molecule has 1 atom stereocenters. The molecule has 1 aliphatic heterocycles. The lowest BCUT2D eigenvalue weighted by atomic mass is 9.96. The minimum atomic E-state index is -0.666. The van der Waals surface area contributed by atoms with Gasteiger partial charge in [0.1, 0.15) is 5.75 Å². The topological polar surface area (TPSA) is 79.7 Å². The van der Waals surface area contributed by atoms with E-state index in [9.17, 15) is 14.7 Å². The number of ether oxygens (including phenoxy) is 1. The maximum Gasteiger partial charge on any atom is 0.290 e. The lowest BCUT2D eigenvalue weighted by Gasteiger charge is -2.26. The fourth-order valence-corrected chi connectivity index (χ4v) is 3.02. The molecule has 0 fully saturated rings. The average Bonchev–Trinajstić information content (AvgIpc) is 2.87. The highest BCUT2D eigenvalue weighted by Crippen LogP contribution is 2.39. The molecule has 2 aromatic rings. The lowest BCUT2D eigenvalue weighted by molar-refractivity contribution is -0.130. The van der Waals surface area contributed by atoms with Crippen LogP contribution in [0.3, 0.4) is 0 Å². The van der Waals surface area contributed by atoms with E-state index in [4.69, 9.17) is 4.74 Å². The summed E-state index contributed by atoms with van der Waals surface area (Å²) < 4.78 is 5.24. The molecule has 1 N–H and O–H groups in total. The van der Waals surface area contributed by atoms with Crippen LogP contribution < -0.4 is 4.74 Å². The molecule has 128 valence electrons. The number of aliphatic hydroxyl groups is 1. The Morgan fingerprint density at radius 3 is 2.76 bits per heavy atom. The maximum atomic E-state index is 12.6. The fraction of sp³-hybridized carbons (Fsp3) is 0.211. The van der Waals surface area contributed by atoms with Gasteiger partial charge in [-0.05, 0) is 36.2 Å². The second-order valence-electron chi connectivity index (χ2n) is 5.79. The third-order valence-electron chi connectivity index (χ3n) is 4.17. The highest BCUT2D eigenvalue weighted by molar-refractivity contribution is 6.08. The van der Waals surface area contributed by atoms with Crippen LogP contribution in [0.25, 0.3) is 0 Å². The minimum Gasteiger partial charge on any atom is -0.503 e. The van der Waals surface area contributed by atoms with Crippen LogP contribution in [-0.4, -0.2) is 33.8 Å². The van der Waals surface area contributed by atoms with Crippen LogP contribution in [0.1, 0.15) is 24.1 Å². The summed E-state index contributed by atoms with van der Waals surface area (Å²) in [7, 11) is 1.55. The van der Waals surface area contributed by atoms with Gasteiger partial charge >= 0.3 is 0 Å². The Kier molecular flexibility index (Phi) is 4.52. The normalized spacial score (nSPS) is 17.1. The number of benzene rings is 1. The van der Waals surface area contributed by atoms with Crippen molar-refractivity contribution in [3.8, 4) is 5.75 Å². The number of Topliss-reactive ketones (excluding diaryl/α,β-unsaturated/α-hetero) is 1. The zero-order chi connectivity index (χ0) is 18.0. The number of carbonyl (C=O) groups excluding carboxylic acids is 2. The molecule has 1 aliphatic rings. The largest absolute Gasteiger partial charge is 0.503 e. The van der Waals surface area contributed by atoms with Crippen molar-refractivity contribution in [3.05, 3.63) is 71.3 Å². The zero-order valence-corrected chi connectivity index (χ0v) is 14.0. The summed E-state index contributed by atoms with van der Waals surface area (Å²) in [6, 6.07) is 10.1. The van der Waals surface area contributed by atoms with Crippen molar-refractivity contribution in [1.29, 1.82) is 0 Å². The van der Waals surface area contributed by atoms with Gasteiger partial charge in [0.15, 0.2) is 11.5 Å². The van der Waals surface area contributed by atoms with Crippen LogP contribution in [0.15, 0.2) is 60.1 Å². The number of nitrogens with zero attached hydrogens (tertiary/aromatic N) is 2. The lowest BCUT2D eigenvalue weighted by Crippen LogP contribution is -2.30. The Balaban J connectivity index is 2.06. The van der Waals surface area contributed by atoms with Crippen LogP contribution >= 0.6 is 0 Å². The average molecular weight is 338 g/mol. The second-order valence-corrected chi connectivity index (χ2v) is 5.79. The molecule has 3 rings (SSSR count). The number of hydrogen-bond donors (Lipinski definition) is 1. The zero-order valence-electron chi connectivity index (χ0n) is 14.0. The van der Waals surface area contributed by atoms with Crippen molar-refractivity contribution >= 4 is 11.7 Å². The third kappa shape index (κ3) is 3.10. The number of aliphatic hydroxyl groups excluding tert-OH is 1. The van der Waals surface area contributed by atoms with E-state index in [2.05, 4.69) is 4.98 Å². The molecule has 0 bridgehead atoms. The van der Waals surface area contributed by atoms with Gasteiger partial charge in [-0.15, -0.1) is 0 Å². The van der Waals surface area contributed by atoms with Crippen molar-refractivity contribution in [2.24, 2.45) is 0 Å². The smallest absolute Gasteiger partial charge is 0.290 e. The van der Waals surface area contributed by atoms with Gasteiger partial charge < -0.3 is 14.7 Å². The molecule has 1 amide bonds. The number of hydrogen-bond acceptors (Lipinski definition) is 5. The first-order chi connectivity index (χ1) is 12.0. The number of rotatable bonds is 5. The summed E-state index contributed by atoms with van der Waals surface area (Å²) in [6.45, 7) is 1.58.